The average Bonchev–Trinajstić information content (AvgIpc) is 2.16. The quantitative estimate of drug-likeness (QED) is 0.588. The number of likely N-dealkylation sites (N-methyl/N-ethyl adjacent to an activating group) is 1. The second-order valence-electron chi connectivity index (χ2n) is 2.92. The number of ether oxygens (including phenoxy) is 1. The lowest BCUT2D eigenvalue weighted by Crippen LogP contribution is -2.32. The normalized spacial score (nSPS) is 11.7. The number of hydrogen-bond acceptors (Lipinski definition) is 5. The van der Waals surface area contributed by atoms with Gasteiger partial charge in [0, 0.05) is 13.6 Å². The van der Waals surface area contributed by atoms with Crippen molar-refractivity contribution in [2.45, 2.75) is 13.3 Å². The van der Waals surface area contributed by atoms with Crippen molar-refractivity contribution in [3.05, 3.63) is 0 Å². The monoisotopic (exact) mass is 239 g/mol. The summed E-state index contributed by atoms with van der Waals surface area (Å²) in [4.78, 5) is 10.9. The van der Waals surface area contributed by atoms with E-state index in [2.05, 4.69) is 4.74 Å². The summed E-state index contributed by atoms with van der Waals surface area (Å²) in [6, 6.07) is 0. The molecule has 0 aliphatic carbocycles. The Morgan fingerprint density at radius 3 is 2.53 bits per heavy atom. The third-order valence-corrected chi connectivity index (χ3v) is 3.61. The van der Waals surface area contributed by atoms with Gasteiger partial charge in [0.1, 0.15) is 0 Å². The molecule has 0 spiro atoms. The highest BCUT2D eigenvalue weighted by atomic mass is 32.2. The summed E-state index contributed by atoms with van der Waals surface area (Å²) in [6.07, 6.45) is -0.161. The Kier molecular flexibility index (Phi) is 6.46. The van der Waals surface area contributed by atoms with Gasteiger partial charge in [-0.15, -0.1) is 0 Å². The van der Waals surface area contributed by atoms with E-state index >= 15 is 0 Å². The first-order chi connectivity index (χ1) is 6.94. The minimum absolute atomic E-state index is 0.0329. The molecule has 15 heavy (non-hydrogen) atoms. The van der Waals surface area contributed by atoms with Gasteiger partial charge in [-0.1, -0.05) is 0 Å². The maximum atomic E-state index is 11.4. The SMILES string of the molecule is CCOC(=O)CCS(=O)(=O)N(C)CCO. The summed E-state index contributed by atoms with van der Waals surface area (Å²) in [6.45, 7) is 1.69. The predicted molar refractivity (Wildman–Crippen MR) is 54.8 cm³/mol. The summed E-state index contributed by atoms with van der Waals surface area (Å²) in [5.41, 5.74) is 0. The summed E-state index contributed by atoms with van der Waals surface area (Å²) in [5.74, 6) is -0.819. The molecule has 0 amide bonds. The molecule has 7 heteroatoms. The first-order valence-electron chi connectivity index (χ1n) is 4.64. The van der Waals surface area contributed by atoms with E-state index in [1.807, 2.05) is 0 Å². The van der Waals surface area contributed by atoms with Crippen LogP contribution in [0.15, 0.2) is 0 Å². The lowest BCUT2D eigenvalue weighted by molar-refractivity contribution is -0.142. The lowest BCUT2D eigenvalue weighted by atomic mass is 10.5. The number of nitrogens with zero attached hydrogens (tertiary/aromatic N) is 1. The zero-order chi connectivity index (χ0) is 11.9. The van der Waals surface area contributed by atoms with Gasteiger partial charge in [0.15, 0.2) is 0 Å². The van der Waals surface area contributed by atoms with Gasteiger partial charge in [-0.25, -0.2) is 12.7 Å². The Balaban J connectivity index is 4.10. The van der Waals surface area contributed by atoms with Crippen LogP contribution in [0.2, 0.25) is 0 Å². The molecule has 0 aromatic rings. The number of carbonyl (C=O) groups excluding carboxylic acids is 1. The Labute approximate surface area is 89.9 Å². The molecule has 0 bridgehead atoms. The fourth-order valence-electron chi connectivity index (χ4n) is 0.881. The zero-order valence-corrected chi connectivity index (χ0v) is 9.79. The van der Waals surface area contributed by atoms with E-state index in [0.29, 0.717) is 0 Å². The van der Waals surface area contributed by atoms with Crippen LogP contribution in [0, 0.1) is 0 Å². The van der Waals surface area contributed by atoms with E-state index in [9.17, 15) is 13.2 Å². The summed E-state index contributed by atoms with van der Waals surface area (Å²) in [5, 5.41) is 8.56. The highest BCUT2D eigenvalue weighted by Crippen LogP contribution is 2.00. The van der Waals surface area contributed by atoms with Crippen LogP contribution < -0.4 is 0 Å². The topological polar surface area (TPSA) is 83.9 Å². The van der Waals surface area contributed by atoms with E-state index in [-0.39, 0.29) is 31.9 Å². The second kappa shape index (κ2) is 6.76. The second-order valence-corrected chi connectivity index (χ2v) is 5.11. The number of aliphatic hydroxyl groups excluding tert-OH is 1. The molecule has 0 heterocycles. The smallest absolute Gasteiger partial charge is 0.306 e. The Morgan fingerprint density at radius 1 is 1.47 bits per heavy atom. The molecule has 0 saturated heterocycles. The minimum Gasteiger partial charge on any atom is -0.466 e. The van der Waals surface area contributed by atoms with Crippen LogP contribution in [-0.4, -0.2) is 56.4 Å². The van der Waals surface area contributed by atoms with Crippen LogP contribution in [-0.2, 0) is 19.6 Å². The zero-order valence-electron chi connectivity index (χ0n) is 8.97. The minimum atomic E-state index is -3.46. The molecule has 1 N–H and O–H groups in total. The maximum absolute atomic E-state index is 11.4. The van der Waals surface area contributed by atoms with Crippen LogP contribution in [0.25, 0.3) is 0 Å². The van der Waals surface area contributed by atoms with Crippen molar-refractivity contribution >= 4 is 16.0 Å². The van der Waals surface area contributed by atoms with Gasteiger partial charge < -0.3 is 9.84 Å². The summed E-state index contributed by atoms with van der Waals surface area (Å²) in [7, 11) is -2.11. The molecule has 0 fully saturated rings. The molecule has 0 unspecified atom stereocenters. The highest BCUT2D eigenvalue weighted by molar-refractivity contribution is 7.89. The summed E-state index contributed by atoms with van der Waals surface area (Å²) >= 11 is 0. The molecular formula is C8H17NO5S. The lowest BCUT2D eigenvalue weighted by Gasteiger charge is -2.15. The molecule has 0 aliphatic rings. The van der Waals surface area contributed by atoms with E-state index in [0.717, 1.165) is 4.31 Å². The molecule has 0 aromatic heterocycles. The fraction of sp³-hybridized carbons (Fsp3) is 0.875. The van der Waals surface area contributed by atoms with Crippen molar-refractivity contribution < 1.29 is 23.1 Å². The Morgan fingerprint density at radius 2 is 2.07 bits per heavy atom. The molecule has 0 saturated carbocycles. The van der Waals surface area contributed by atoms with Crippen molar-refractivity contribution in [3.63, 3.8) is 0 Å². The van der Waals surface area contributed by atoms with Gasteiger partial charge in [-0.05, 0) is 6.92 Å². The third kappa shape index (κ3) is 5.71. The van der Waals surface area contributed by atoms with E-state index < -0.39 is 16.0 Å². The Bertz CT molecular complexity index is 287. The van der Waals surface area contributed by atoms with Crippen LogP contribution in [0.4, 0.5) is 0 Å². The van der Waals surface area contributed by atoms with E-state index in [4.69, 9.17) is 5.11 Å². The van der Waals surface area contributed by atoms with Gasteiger partial charge in [0.2, 0.25) is 10.0 Å². The van der Waals surface area contributed by atoms with Crippen LogP contribution in [0.5, 0.6) is 0 Å². The molecular weight excluding hydrogens is 222 g/mol. The largest absolute Gasteiger partial charge is 0.466 e. The first-order valence-corrected chi connectivity index (χ1v) is 6.25. The molecule has 0 aromatic carbocycles. The van der Waals surface area contributed by atoms with Crippen molar-refractivity contribution in [2.24, 2.45) is 0 Å². The average molecular weight is 239 g/mol. The van der Waals surface area contributed by atoms with Crippen LogP contribution in [0.3, 0.4) is 0 Å². The predicted octanol–water partition coefficient (Wildman–Crippen LogP) is -0.806. The van der Waals surface area contributed by atoms with E-state index in [1.54, 1.807) is 6.92 Å². The van der Waals surface area contributed by atoms with Gasteiger partial charge in [-0.2, -0.15) is 0 Å². The molecule has 0 rings (SSSR count). The number of sulfonamides is 1. The molecule has 0 atom stereocenters. The van der Waals surface area contributed by atoms with Crippen molar-refractivity contribution in [1.82, 2.24) is 4.31 Å². The Hall–Kier alpha value is -0.660. The molecule has 0 aliphatic heterocycles. The molecule has 0 radical (unpaired) electrons. The maximum Gasteiger partial charge on any atom is 0.306 e. The van der Waals surface area contributed by atoms with Gasteiger partial charge in [0.05, 0.1) is 25.4 Å². The third-order valence-electron chi connectivity index (χ3n) is 1.76. The van der Waals surface area contributed by atoms with Gasteiger partial charge >= 0.3 is 5.97 Å². The first kappa shape index (κ1) is 14.3. The molecule has 6 nitrogen and oxygen atoms in total. The number of carbonyl (C=O) groups is 1. The number of esters is 1. The number of hydrogen-bond donors (Lipinski definition) is 1. The highest BCUT2D eigenvalue weighted by Gasteiger charge is 2.18. The number of aliphatic hydroxyl groups is 1. The van der Waals surface area contributed by atoms with Gasteiger partial charge in [-0.3, -0.25) is 4.79 Å². The van der Waals surface area contributed by atoms with Crippen molar-refractivity contribution in [1.29, 1.82) is 0 Å². The standard InChI is InChI=1S/C8H17NO5S/c1-3-14-8(11)4-7-15(12,13)9(2)5-6-10/h10H,3-7H2,1-2H3. The van der Waals surface area contributed by atoms with E-state index in [1.165, 1.54) is 7.05 Å². The van der Waals surface area contributed by atoms with Gasteiger partial charge in [0.25, 0.3) is 0 Å². The fourth-order valence-corrected chi connectivity index (χ4v) is 1.98. The molecule has 90 valence electrons. The van der Waals surface area contributed by atoms with Crippen molar-refractivity contribution in [2.75, 3.05) is 32.6 Å². The van der Waals surface area contributed by atoms with Crippen molar-refractivity contribution in [3.8, 4) is 0 Å². The number of rotatable bonds is 7. The van der Waals surface area contributed by atoms with Crippen LogP contribution in [0.1, 0.15) is 13.3 Å². The van der Waals surface area contributed by atoms with Crippen LogP contribution >= 0.6 is 0 Å². The summed E-state index contributed by atoms with van der Waals surface area (Å²) < 4.78 is 28.5.